The summed E-state index contributed by atoms with van der Waals surface area (Å²) in [5, 5.41) is 3.97. The Hall–Kier alpha value is -2.21. The Morgan fingerprint density at radius 2 is 2.17 bits per heavy atom. The van der Waals surface area contributed by atoms with Gasteiger partial charge < -0.3 is 14.2 Å². The first-order valence-electron chi connectivity index (χ1n) is 8.03. The fraction of sp³-hybridized carbons (Fsp3) is 0.471. The minimum Gasteiger partial charge on any atom is -0.375 e. The molecule has 2 heterocycles. The van der Waals surface area contributed by atoms with E-state index in [2.05, 4.69) is 17.1 Å². The molecular formula is C17H21N3O3. The van der Waals surface area contributed by atoms with Gasteiger partial charge in [0.25, 0.3) is 0 Å². The third kappa shape index (κ3) is 3.96. The molecule has 0 radical (unpaired) electrons. The van der Waals surface area contributed by atoms with Gasteiger partial charge in [-0.15, -0.1) is 0 Å². The Balaban J connectivity index is 1.54. The minimum absolute atomic E-state index is 0.117. The molecule has 0 bridgehead atoms. The second kappa shape index (κ2) is 7.37. The largest absolute Gasteiger partial charge is 0.375 e. The topological polar surface area (TPSA) is 68.5 Å². The van der Waals surface area contributed by atoms with Crippen molar-refractivity contribution in [1.82, 2.24) is 15.0 Å². The molecule has 0 N–H and O–H groups in total. The van der Waals surface area contributed by atoms with Crippen molar-refractivity contribution in [3.63, 3.8) is 0 Å². The third-order valence-corrected chi connectivity index (χ3v) is 4.00. The molecule has 1 aromatic heterocycles. The highest BCUT2D eigenvalue weighted by Gasteiger charge is 2.23. The molecule has 122 valence electrons. The Morgan fingerprint density at radius 3 is 2.96 bits per heavy atom. The molecule has 6 nitrogen and oxygen atoms in total. The predicted octanol–water partition coefficient (Wildman–Crippen LogP) is 2.31. The third-order valence-electron chi connectivity index (χ3n) is 4.00. The van der Waals surface area contributed by atoms with Gasteiger partial charge in [0, 0.05) is 31.5 Å². The number of carbonyl (C=O) groups excluding carboxylic acids is 1. The second-order valence-electron chi connectivity index (χ2n) is 5.62. The predicted molar refractivity (Wildman–Crippen MR) is 84.7 cm³/mol. The number of hydrogen-bond donors (Lipinski definition) is 0. The van der Waals surface area contributed by atoms with Gasteiger partial charge in [0.15, 0.2) is 0 Å². The summed E-state index contributed by atoms with van der Waals surface area (Å²) in [5.74, 6) is 1.18. The molecule has 1 aliphatic rings. The number of ether oxygens (including phenoxy) is 1. The van der Waals surface area contributed by atoms with Gasteiger partial charge in [-0.05, 0) is 6.42 Å². The monoisotopic (exact) mass is 315 g/mol. The highest BCUT2D eigenvalue weighted by Crippen LogP contribution is 2.16. The first-order chi connectivity index (χ1) is 11.3. The molecule has 1 fully saturated rings. The Bertz CT molecular complexity index is 642. The highest BCUT2D eigenvalue weighted by molar-refractivity contribution is 5.76. The summed E-state index contributed by atoms with van der Waals surface area (Å²) >= 11 is 0. The number of benzene rings is 1. The van der Waals surface area contributed by atoms with Gasteiger partial charge in [0.1, 0.15) is 0 Å². The molecule has 2 aromatic rings. The van der Waals surface area contributed by atoms with E-state index in [1.54, 1.807) is 0 Å². The normalized spacial score (nSPS) is 18.1. The van der Waals surface area contributed by atoms with E-state index < -0.39 is 0 Å². The molecule has 6 heteroatoms. The molecule has 1 atom stereocenters. The smallest absolute Gasteiger partial charge is 0.227 e. The van der Waals surface area contributed by atoms with Crippen LogP contribution in [0.4, 0.5) is 0 Å². The van der Waals surface area contributed by atoms with Crippen LogP contribution in [0.3, 0.4) is 0 Å². The Kier molecular flexibility index (Phi) is 5.02. The SMILES string of the molecule is CC[C@@H]1CN(C(=O)CCc2nc(-c3ccccc3)no2)CCO1. The number of morpholine rings is 1. The first kappa shape index (κ1) is 15.7. The zero-order chi connectivity index (χ0) is 16.1. The molecule has 0 spiro atoms. The Morgan fingerprint density at radius 1 is 1.35 bits per heavy atom. The van der Waals surface area contributed by atoms with Gasteiger partial charge in [-0.2, -0.15) is 4.98 Å². The van der Waals surface area contributed by atoms with Crippen molar-refractivity contribution in [2.24, 2.45) is 0 Å². The molecule has 1 aromatic carbocycles. The van der Waals surface area contributed by atoms with Crippen molar-refractivity contribution in [3.8, 4) is 11.4 Å². The van der Waals surface area contributed by atoms with Crippen molar-refractivity contribution in [2.45, 2.75) is 32.3 Å². The van der Waals surface area contributed by atoms with E-state index in [9.17, 15) is 4.79 Å². The van der Waals surface area contributed by atoms with Crippen molar-refractivity contribution >= 4 is 5.91 Å². The highest BCUT2D eigenvalue weighted by atomic mass is 16.5. The fourth-order valence-electron chi connectivity index (χ4n) is 2.63. The van der Waals surface area contributed by atoms with Gasteiger partial charge >= 0.3 is 0 Å². The average molecular weight is 315 g/mol. The van der Waals surface area contributed by atoms with Gasteiger partial charge in [0.2, 0.25) is 17.6 Å². The number of nitrogens with zero attached hydrogens (tertiary/aromatic N) is 3. The summed E-state index contributed by atoms with van der Waals surface area (Å²) in [6, 6.07) is 9.65. The summed E-state index contributed by atoms with van der Waals surface area (Å²) in [6.45, 7) is 4.02. The van der Waals surface area contributed by atoms with Crippen LogP contribution in [0, 0.1) is 0 Å². The van der Waals surface area contributed by atoms with E-state index in [-0.39, 0.29) is 12.0 Å². The zero-order valence-corrected chi connectivity index (χ0v) is 13.3. The van der Waals surface area contributed by atoms with Crippen LogP contribution in [0.15, 0.2) is 34.9 Å². The number of hydrogen-bond acceptors (Lipinski definition) is 5. The van der Waals surface area contributed by atoms with Crippen LogP contribution < -0.4 is 0 Å². The van der Waals surface area contributed by atoms with Crippen LogP contribution in [0.1, 0.15) is 25.7 Å². The minimum atomic E-state index is 0.117. The number of amides is 1. The average Bonchev–Trinajstić information content (AvgIpc) is 3.09. The summed E-state index contributed by atoms with van der Waals surface area (Å²) in [5.41, 5.74) is 0.910. The van der Waals surface area contributed by atoms with Gasteiger partial charge in [-0.3, -0.25) is 4.79 Å². The first-order valence-corrected chi connectivity index (χ1v) is 8.03. The van der Waals surface area contributed by atoms with Gasteiger partial charge in [-0.1, -0.05) is 42.4 Å². The summed E-state index contributed by atoms with van der Waals surface area (Å²) in [7, 11) is 0. The summed E-state index contributed by atoms with van der Waals surface area (Å²) in [4.78, 5) is 18.5. The maximum atomic E-state index is 12.3. The van der Waals surface area contributed by atoms with Gasteiger partial charge in [0.05, 0.1) is 12.7 Å². The lowest BCUT2D eigenvalue weighted by Crippen LogP contribution is -2.45. The molecule has 3 rings (SSSR count). The molecule has 0 saturated carbocycles. The molecular weight excluding hydrogens is 294 g/mol. The lowest BCUT2D eigenvalue weighted by molar-refractivity contribution is -0.138. The van der Waals surface area contributed by atoms with Crippen LogP contribution in [0.5, 0.6) is 0 Å². The molecule has 1 saturated heterocycles. The van der Waals surface area contributed by atoms with E-state index in [4.69, 9.17) is 9.26 Å². The van der Waals surface area contributed by atoms with Crippen LogP contribution in [0.25, 0.3) is 11.4 Å². The fourth-order valence-corrected chi connectivity index (χ4v) is 2.63. The van der Waals surface area contributed by atoms with E-state index in [1.165, 1.54) is 0 Å². The number of carbonyl (C=O) groups is 1. The molecule has 0 aliphatic carbocycles. The van der Waals surface area contributed by atoms with Crippen molar-refractivity contribution in [2.75, 3.05) is 19.7 Å². The number of rotatable bonds is 5. The van der Waals surface area contributed by atoms with Crippen LogP contribution in [-0.2, 0) is 16.0 Å². The lowest BCUT2D eigenvalue weighted by atomic mass is 10.2. The summed E-state index contributed by atoms with van der Waals surface area (Å²) in [6.07, 6.45) is 1.92. The van der Waals surface area contributed by atoms with Crippen LogP contribution >= 0.6 is 0 Å². The van der Waals surface area contributed by atoms with Crippen molar-refractivity contribution < 1.29 is 14.1 Å². The Labute approximate surface area is 135 Å². The maximum absolute atomic E-state index is 12.3. The van der Waals surface area contributed by atoms with E-state index in [0.29, 0.717) is 44.3 Å². The van der Waals surface area contributed by atoms with Crippen LogP contribution in [-0.4, -0.2) is 46.7 Å². The second-order valence-corrected chi connectivity index (χ2v) is 5.62. The van der Waals surface area contributed by atoms with E-state index in [0.717, 1.165) is 12.0 Å². The van der Waals surface area contributed by atoms with Crippen LogP contribution in [0.2, 0.25) is 0 Å². The molecule has 1 amide bonds. The molecule has 0 unspecified atom stereocenters. The maximum Gasteiger partial charge on any atom is 0.227 e. The molecule has 23 heavy (non-hydrogen) atoms. The number of aromatic nitrogens is 2. The van der Waals surface area contributed by atoms with E-state index >= 15 is 0 Å². The zero-order valence-electron chi connectivity index (χ0n) is 13.3. The van der Waals surface area contributed by atoms with Gasteiger partial charge in [-0.25, -0.2) is 0 Å². The standard InChI is InChI=1S/C17H21N3O3/c1-2-14-12-20(10-11-22-14)16(21)9-8-15-18-17(19-23-15)13-6-4-3-5-7-13/h3-7,14H,2,8-12H2,1H3/t14-/m1/s1. The quantitative estimate of drug-likeness (QED) is 0.847. The molecule has 1 aliphatic heterocycles. The summed E-state index contributed by atoms with van der Waals surface area (Å²) < 4.78 is 10.8. The number of aryl methyl sites for hydroxylation is 1. The lowest BCUT2D eigenvalue weighted by Gasteiger charge is -2.32. The van der Waals surface area contributed by atoms with Crippen molar-refractivity contribution in [3.05, 3.63) is 36.2 Å². The van der Waals surface area contributed by atoms with E-state index in [1.807, 2.05) is 35.2 Å². The van der Waals surface area contributed by atoms with Crippen molar-refractivity contribution in [1.29, 1.82) is 0 Å².